The van der Waals surface area contributed by atoms with Gasteiger partial charge in [-0.05, 0) is 320 Å². The molecule has 12 heteroatoms. The van der Waals surface area contributed by atoms with Crippen LogP contribution in [-0.4, -0.2) is 67.9 Å². The zero-order valence-electron chi connectivity index (χ0n) is 93.4. The van der Waals surface area contributed by atoms with Crippen LogP contribution in [0.4, 0.5) is 0 Å². The second kappa shape index (κ2) is 48.2. The van der Waals surface area contributed by atoms with Gasteiger partial charge in [0.1, 0.15) is 34.7 Å². The molecule has 12 aliphatic rings. The smallest absolute Gasteiger partial charge is 0.303 e. The number of rotatable bonds is 18. The molecule has 0 saturated heterocycles. The topological polar surface area (TPSA) is 214 Å². The van der Waals surface area contributed by atoms with Gasteiger partial charge in [-0.2, -0.15) is 0 Å². The van der Waals surface area contributed by atoms with Crippen molar-refractivity contribution in [3.05, 3.63) is 252 Å². The highest BCUT2D eigenvalue weighted by molar-refractivity contribution is 5.93. The molecule has 24 atom stereocenters. The van der Waals surface area contributed by atoms with Gasteiger partial charge in [0, 0.05) is 93.3 Å². The number of benzene rings is 9. The fourth-order valence-corrected chi connectivity index (χ4v) is 33.2. The highest BCUT2D eigenvalue weighted by Crippen LogP contribution is 2.75. The summed E-state index contributed by atoms with van der Waals surface area (Å²) < 4.78 is 0. The van der Waals surface area contributed by atoms with Crippen molar-refractivity contribution in [2.75, 3.05) is 0 Å². The van der Waals surface area contributed by atoms with Crippen molar-refractivity contribution in [1.29, 1.82) is 0 Å². The third-order valence-corrected chi connectivity index (χ3v) is 41.3. The fourth-order valence-electron chi connectivity index (χ4n) is 33.2. The molecule has 0 bridgehead atoms. The summed E-state index contributed by atoms with van der Waals surface area (Å²) in [5.74, 6) is 5.65. The number of aliphatic carboxylic acids is 3. The number of fused-ring (bicyclic) bond motifs is 18. The maximum absolute atomic E-state index is 13.8. The molecule has 9 aromatic rings. The Morgan fingerprint density at radius 2 is 0.653 bits per heavy atom. The van der Waals surface area contributed by atoms with Crippen LogP contribution in [0.2, 0.25) is 0 Å². The molecule has 21 rings (SSSR count). The highest BCUT2D eigenvalue weighted by Gasteiger charge is 2.72. The lowest BCUT2D eigenvalue weighted by molar-refractivity contribution is -0.182. The molecule has 3 unspecified atom stereocenters. The van der Waals surface area contributed by atoms with Crippen LogP contribution in [0.1, 0.15) is 352 Å². The first-order valence-electron chi connectivity index (χ1n) is 57.4. The molecule has 0 spiro atoms. The predicted octanol–water partition coefficient (Wildman–Crippen LogP) is 33.0. The van der Waals surface area contributed by atoms with Gasteiger partial charge in [0.05, 0.1) is 0 Å². The number of carbonyl (C=O) groups excluding carboxylic acids is 6. The molecule has 0 aromatic heterocycles. The van der Waals surface area contributed by atoms with E-state index in [1.54, 1.807) is 0 Å². The first-order chi connectivity index (χ1) is 70.0. The monoisotopic (exact) mass is 1990 g/mol. The average molecular weight is 1990 g/mol. The lowest BCUT2D eigenvalue weighted by Gasteiger charge is -2.65. The summed E-state index contributed by atoms with van der Waals surface area (Å²) in [6.07, 6.45) is 24.5. The van der Waals surface area contributed by atoms with Crippen molar-refractivity contribution in [3.8, 4) is 0 Å². The van der Waals surface area contributed by atoms with Crippen LogP contribution in [0.5, 0.6) is 0 Å². The summed E-state index contributed by atoms with van der Waals surface area (Å²) in [5.41, 5.74) is 8.44. The summed E-state index contributed by atoms with van der Waals surface area (Å²) in [5, 5.41) is 35.5. The van der Waals surface area contributed by atoms with Crippen molar-refractivity contribution < 1.29 is 58.5 Å². The second-order valence-corrected chi connectivity index (χ2v) is 50.1. The Hall–Kier alpha value is -9.81. The number of carbonyl (C=O) groups is 9. The lowest BCUT2D eigenvalue weighted by atomic mass is 9.39. The number of hydrogen-bond donors (Lipinski definition) is 3. The van der Waals surface area contributed by atoms with E-state index in [-0.39, 0.29) is 105 Å². The molecule has 9 aromatic carbocycles. The third-order valence-electron chi connectivity index (χ3n) is 41.3. The minimum absolute atomic E-state index is 0.0341. The van der Waals surface area contributed by atoms with E-state index in [0.717, 1.165) is 103 Å². The molecule has 0 amide bonds. The molecule has 147 heavy (non-hydrogen) atoms. The van der Waals surface area contributed by atoms with Crippen LogP contribution in [0.15, 0.2) is 218 Å². The summed E-state index contributed by atoms with van der Waals surface area (Å²) in [6.45, 7) is 46.7. The number of Topliss-reactive ketones (excluding diaryl/α,β-unsaturated/α-hetero) is 6. The standard InChI is InChI=1S/3C26H40O4.3C17H14.3C2H6/c1-15(6-9-22(29)30)18-7-8-19-23-20(13-21(28)26(18,19)5)25(4)11-10-17(27)12-16(25)14-24(23,2)3;1-15(6-9-22(29)30)17-7-8-18-23-19(13-21(28)26(17,18)5)25(4)11-10-24(2,3)14-16(25)12-20(23)27;1-15(6-9-22(29)30)18-7-8-19-23-20(14-24(2,3)26(18,19)5)25(4)11-10-17(27)12-16(25)13-21(23)28;3*1-2-7-14(8-3-1)13-16-11-6-10-15-9-4-5-12-17(15)16;3*1-2/h15-16,18-20,23H,6-14H2,1-5H3,(H,29,30);15-19,23H,6-14H2,1-5H3,(H,29,30);15-16,18-20,23H,6-14H2,1-5H3,(H,29,30);3*1-12H,13H2;3*1-2H3/t15-,16?,18-,19+,20+,23+,25+,26-;15-,16?,17-,18+,19+,23+,25+,26-;15-,16?,18-,19+,20+,23+,25+,26-;;;;;;/m111....../s1. The van der Waals surface area contributed by atoms with Gasteiger partial charge in [-0.25, -0.2) is 0 Å². The molecule has 12 aliphatic carbocycles. The minimum atomic E-state index is -0.766. The molecule has 3 N–H and O–H groups in total. The van der Waals surface area contributed by atoms with Crippen LogP contribution in [-0.2, 0) is 62.4 Å². The first-order valence-corrected chi connectivity index (χ1v) is 57.4. The number of ketones is 6. The van der Waals surface area contributed by atoms with Crippen LogP contribution in [0, 0.1) is 155 Å². The van der Waals surface area contributed by atoms with Gasteiger partial charge in [0.2, 0.25) is 0 Å². The van der Waals surface area contributed by atoms with Crippen molar-refractivity contribution >= 4 is 84.9 Å². The Kier molecular flexibility index (Phi) is 37.5. The van der Waals surface area contributed by atoms with Gasteiger partial charge < -0.3 is 15.3 Å². The van der Waals surface area contributed by atoms with Crippen molar-refractivity contribution in [2.24, 2.45) is 155 Å². The number of carboxylic acids is 3. The van der Waals surface area contributed by atoms with Gasteiger partial charge >= 0.3 is 17.9 Å². The first kappa shape index (κ1) is 114. The Morgan fingerprint density at radius 3 is 1.08 bits per heavy atom. The van der Waals surface area contributed by atoms with E-state index in [9.17, 15) is 48.3 Å². The maximum atomic E-state index is 13.8. The van der Waals surface area contributed by atoms with Crippen LogP contribution in [0.25, 0.3) is 32.3 Å². The summed E-state index contributed by atoms with van der Waals surface area (Å²) in [6, 6.07) is 77.2. The quantitative estimate of drug-likeness (QED) is 0.0732. The maximum Gasteiger partial charge on any atom is 0.303 e. The average Bonchev–Trinajstić information content (AvgIpc) is 1.62. The van der Waals surface area contributed by atoms with Crippen LogP contribution in [0.3, 0.4) is 0 Å². The SMILES string of the molecule is CC.CC.CC.C[C@H](CCC(=O)O)[C@H]1CC[C@H]2[C@@H]3C(=O)CC4CC(=O)CC[C@]4(C)[C@H]3CC(C)(C)[C@]12C.C[C@H](CCC(=O)O)[C@H]1CC[C@H]2[C@@H]3C(=O)CC4CC(C)(C)CC[C@]4(C)[C@H]3CC(=O)[C@]12C.C[C@H](CCC(=O)O)[C@H]1CC[C@H]2[C@H]3[C@H](CC(=O)[C@]12C)[C@@]1(C)CCC(=O)CC1CC3(C)C.c1ccc(Cc2cccc3ccccc23)cc1.c1ccc(Cc2cccc3ccccc23)cc1.c1ccc(Cc2cccc3ccccc23)cc1. The molecule has 792 valence electrons. The Balaban J connectivity index is 0.000000148. The molecular formula is C135H180O12. The molecule has 12 nitrogen and oxygen atoms in total. The van der Waals surface area contributed by atoms with E-state index in [2.05, 4.69) is 322 Å². The van der Waals surface area contributed by atoms with E-state index in [0.29, 0.717) is 164 Å². The summed E-state index contributed by atoms with van der Waals surface area (Å²) in [4.78, 5) is 112. The van der Waals surface area contributed by atoms with Crippen LogP contribution >= 0.6 is 0 Å². The Morgan fingerprint density at radius 1 is 0.320 bits per heavy atom. The van der Waals surface area contributed by atoms with E-state index >= 15 is 0 Å². The second-order valence-electron chi connectivity index (χ2n) is 50.1. The van der Waals surface area contributed by atoms with Crippen molar-refractivity contribution in [1.82, 2.24) is 0 Å². The molecule has 0 aliphatic heterocycles. The van der Waals surface area contributed by atoms with Gasteiger partial charge in [-0.3, -0.25) is 43.2 Å². The predicted molar refractivity (Wildman–Crippen MR) is 601 cm³/mol. The van der Waals surface area contributed by atoms with Gasteiger partial charge in [-0.15, -0.1) is 0 Å². The van der Waals surface area contributed by atoms with E-state index in [1.165, 1.54) is 72.1 Å². The van der Waals surface area contributed by atoms with Gasteiger partial charge in [0.25, 0.3) is 0 Å². The number of hydrogen-bond acceptors (Lipinski definition) is 9. The van der Waals surface area contributed by atoms with Gasteiger partial charge in [-0.1, -0.05) is 364 Å². The molecule has 0 heterocycles. The van der Waals surface area contributed by atoms with E-state index in [1.807, 2.05) is 41.5 Å². The number of carboxylic acid groups (broad SMARTS) is 3. The fraction of sp³-hybridized carbons (Fsp3) is 0.578. The third kappa shape index (κ3) is 23.9. The molecular weight excluding hydrogens is 1810 g/mol. The zero-order valence-corrected chi connectivity index (χ0v) is 93.4. The lowest BCUT2D eigenvalue weighted by Crippen LogP contribution is -2.62. The van der Waals surface area contributed by atoms with Crippen molar-refractivity contribution in [2.45, 2.75) is 338 Å². The van der Waals surface area contributed by atoms with Gasteiger partial charge in [0.15, 0.2) is 0 Å². The minimum Gasteiger partial charge on any atom is -0.481 e. The molecule has 12 fully saturated rings. The van der Waals surface area contributed by atoms with Crippen molar-refractivity contribution in [3.63, 3.8) is 0 Å². The Labute approximate surface area is 882 Å². The summed E-state index contributed by atoms with van der Waals surface area (Å²) >= 11 is 0. The molecule has 12 saturated carbocycles. The highest BCUT2D eigenvalue weighted by atomic mass is 16.4. The Bertz CT molecular complexity index is 5720. The zero-order chi connectivity index (χ0) is 107. The van der Waals surface area contributed by atoms with E-state index in [4.69, 9.17) is 10.2 Å². The van der Waals surface area contributed by atoms with Crippen LogP contribution < -0.4 is 0 Å². The van der Waals surface area contributed by atoms with E-state index < -0.39 is 23.3 Å². The molecule has 0 radical (unpaired) electrons. The largest absolute Gasteiger partial charge is 0.481 e. The summed E-state index contributed by atoms with van der Waals surface area (Å²) in [7, 11) is 0. The normalized spacial score (nSPS) is 31.9.